The number of urea groups is 1. The van der Waals surface area contributed by atoms with E-state index in [4.69, 9.17) is 9.47 Å². The number of aliphatic hydroxyl groups is 1. The Morgan fingerprint density at radius 3 is 2.40 bits per heavy atom. The fraction of sp³-hybridized carbons (Fsp3) is 0.444. The Morgan fingerprint density at radius 1 is 1.00 bits per heavy atom. The third-order valence-corrected chi connectivity index (χ3v) is 8.13. The van der Waals surface area contributed by atoms with Gasteiger partial charge in [0, 0.05) is 43.5 Å². The Labute approximate surface area is 267 Å². The molecule has 45 heavy (non-hydrogen) atoms. The van der Waals surface area contributed by atoms with E-state index in [1.165, 1.54) is 5.56 Å². The molecule has 3 amide bonds. The van der Waals surface area contributed by atoms with Gasteiger partial charge in [0.2, 0.25) is 0 Å². The number of amides is 3. The first-order valence-corrected chi connectivity index (χ1v) is 15.9. The monoisotopic (exact) mass is 616 g/mol. The van der Waals surface area contributed by atoms with Crippen molar-refractivity contribution >= 4 is 23.3 Å². The summed E-state index contributed by atoms with van der Waals surface area (Å²) in [6.45, 7) is 8.24. The first-order valence-electron chi connectivity index (χ1n) is 15.9. The molecule has 1 heterocycles. The van der Waals surface area contributed by atoms with E-state index in [1.807, 2.05) is 50.2 Å². The van der Waals surface area contributed by atoms with E-state index < -0.39 is 12.1 Å². The van der Waals surface area contributed by atoms with E-state index in [2.05, 4.69) is 41.6 Å². The maximum atomic E-state index is 14.3. The van der Waals surface area contributed by atoms with Gasteiger partial charge in [0.1, 0.15) is 5.75 Å². The standard InChI is InChI=1S/C36H48N4O5/c1-26-22-40(27(2)25-41)35(42)32-21-31(38-36(43)37-30-16-9-6-10-17-30)18-19-33(32)45-28(3)13-11-12-20-44-34(26)24-39(4)23-29-14-7-5-8-15-29/h5-10,14-19,21,26-28,34,41H,11-13,20,22-25H2,1-4H3,(H2,37,38,43)/t26-,27-,28+,34+/m1/s1. The van der Waals surface area contributed by atoms with Crippen molar-refractivity contribution in [3.8, 4) is 5.75 Å². The van der Waals surface area contributed by atoms with Crippen LogP contribution in [-0.4, -0.2) is 78.4 Å². The van der Waals surface area contributed by atoms with Gasteiger partial charge < -0.3 is 30.1 Å². The van der Waals surface area contributed by atoms with Crippen LogP contribution in [0.2, 0.25) is 0 Å². The first kappa shape index (κ1) is 34.0. The minimum Gasteiger partial charge on any atom is -0.490 e. The van der Waals surface area contributed by atoms with Gasteiger partial charge in [-0.05, 0) is 76.1 Å². The van der Waals surface area contributed by atoms with Crippen LogP contribution in [0, 0.1) is 5.92 Å². The maximum Gasteiger partial charge on any atom is 0.323 e. The summed E-state index contributed by atoms with van der Waals surface area (Å²) in [5.41, 5.74) is 2.68. The van der Waals surface area contributed by atoms with Crippen molar-refractivity contribution in [2.75, 3.05) is 44.0 Å². The molecule has 0 unspecified atom stereocenters. The number of carbonyl (C=O) groups excluding carboxylic acids is 2. The Kier molecular flexibility index (Phi) is 12.8. The summed E-state index contributed by atoms with van der Waals surface area (Å²) < 4.78 is 12.8. The second kappa shape index (κ2) is 17.0. The van der Waals surface area contributed by atoms with E-state index >= 15 is 0 Å². The van der Waals surface area contributed by atoms with Crippen molar-refractivity contribution in [2.24, 2.45) is 5.92 Å². The number of carbonyl (C=O) groups is 2. The summed E-state index contributed by atoms with van der Waals surface area (Å²) in [7, 11) is 2.09. The van der Waals surface area contributed by atoms with Crippen LogP contribution in [0.4, 0.5) is 16.2 Å². The van der Waals surface area contributed by atoms with E-state index in [9.17, 15) is 14.7 Å². The quantitative estimate of drug-likeness (QED) is 0.276. The molecule has 0 fully saturated rings. The van der Waals surface area contributed by atoms with Crippen LogP contribution >= 0.6 is 0 Å². The van der Waals surface area contributed by atoms with Crippen LogP contribution in [0.25, 0.3) is 0 Å². The number of ether oxygens (including phenoxy) is 2. The highest BCUT2D eigenvalue weighted by Crippen LogP contribution is 2.29. The van der Waals surface area contributed by atoms with Crippen molar-refractivity contribution in [3.63, 3.8) is 0 Å². The largest absolute Gasteiger partial charge is 0.490 e. The van der Waals surface area contributed by atoms with Crippen molar-refractivity contribution in [3.05, 3.63) is 90.0 Å². The summed E-state index contributed by atoms with van der Waals surface area (Å²) in [4.78, 5) is 31.0. The van der Waals surface area contributed by atoms with Crippen LogP contribution in [0.15, 0.2) is 78.9 Å². The van der Waals surface area contributed by atoms with Gasteiger partial charge >= 0.3 is 6.03 Å². The lowest BCUT2D eigenvalue weighted by atomic mass is 10.0. The zero-order valence-electron chi connectivity index (χ0n) is 26.9. The normalized spacial score (nSPS) is 20.4. The highest BCUT2D eigenvalue weighted by molar-refractivity contribution is 6.02. The molecule has 242 valence electrons. The second-order valence-corrected chi connectivity index (χ2v) is 12.1. The zero-order chi connectivity index (χ0) is 32.2. The van der Waals surface area contributed by atoms with Gasteiger partial charge in [-0.25, -0.2) is 4.79 Å². The summed E-state index contributed by atoms with van der Waals surface area (Å²) >= 11 is 0. The van der Waals surface area contributed by atoms with Crippen LogP contribution in [-0.2, 0) is 11.3 Å². The number of benzene rings is 3. The van der Waals surface area contributed by atoms with Gasteiger partial charge in [-0.2, -0.15) is 0 Å². The SMILES string of the molecule is C[C@@H]1CN([C@H](C)CO)C(=O)c2cc(NC(=O)Nc3ccccc3)ccc2O[C@@H](C)CCCCO[C@H]1CN(C)Cc1ccccc1. The molecule has 0 saturated heterocycles. The fourth-order valence-corrected chi connectivity index (χ4v) is 5.54. The van der Waals surface area contributed by atoms with Gasteiger partial charge in [0.25, 0.3) is 5.91 Å². The molecule has 3 aromatic carbocycles. The van der Waals surface area contributed by atoms with E-state index in [0.717, 1.165) is 25.8 Å². The number of fused-ring (bicyclic) bond motifs is 1. The fourth-order valence-electron chi connectivity index (χ4n) is 5.54. The number of nitrogens with zero attached hydrogens (tertiary/aromatic N) is 2. The summed E-state index contributed by atoms with van der Waals surface area (Å²) in [6.07, 6.45) is 2.39. The van der Waals surface area contributed by atoms with Crippen molar-refractivity contribution in [2.45, 2.75) is 64.8 Å². The number of nitrogens with one attached hydrogen (secondary N) is 2. The molecular formula is C36H48N4O5. The summed E-state index contributed by atoms with van der Waals surface area (Å²) in [5.74, 6) is 0.160. The Morgan fingerprint density at radius 2 is 1.69 bits per heavy atom. The maximum absolute atomic E-state index is 14.3. The molecule has 0 aliphatic carbocycles. The first-order chi connectivity index (χ1) is 21.7. The van der Waals surface area contributed by atoms with Crippen molar-refractivity contribution in [1.82, 2.24) is 9.80 Å². The lowest BCUT2D eigenvalue weighted by Gasteiger charge is -2.36. The topological polar surface area (TPSA) is 103 Å². The number of hydrogen-bond donors (Lipinski definition) is 3. The Balaban J connectivity index is 1.59. The predicted octanol–water partition coefficient (Wildman–Crippen LogP) is 6.26. The molecular weight excluding hydrogens is 568 g/mol. The molecule has 0 radical (unpaired) electrons. The smallest absolute Gasteiger partial charge is 0.323 e. The molecule has 0 saturated carbocycles. The molecule has 3 aromatic rings. The van der Waals surface area contributed by atoms with Crippen LogP contribution in [0.1, 0.15) is 56.0 Å². The number of hydrogen-bond acceptors (Lipinski definition) is 6. The van der Waals surface area contributed by atoms with Gasteiger partial charge in [-0.1, -0.05) is 55.5 Å². The second-order valence-electron chi connectivity index (χ2n) is 12.1. The molecule has 9 heteroatoms. The Bertz CT molecular complexity index is 1360. The lowest BCUT2D eigenvalue weighted by molar-refractivity contribution is -0.0177. The average molecular weight is 617 g/mol. The average Bonchev–Trinajstić information content (AvgIpc) is 3.03. The molecule has 0 aromatic heterocycles. The predicted molar refractivity (Wildman–Crippen MR) is 179 cm³/mol. The summed E-state index contributed by atoms with van der Waals surface area (Å²) in [5, 5.41) is 15.9. The zero-order valence-corrected chi connectivity index (χ0v) is 26.9. The number of rotatable bonds is 8. The molecule has 0 spiro atoms. The lowest BCUT2D eigenvalue weighted by Crippen LogP contribution is -2.47. The summed E-state index contributed by atoms with van der Waals surface area (Å²) in [6, 6.07) is 23.8. The third-order valence-electron chi connectivity index (χ3n) is 8.13. The van der Waals surface area contributed by atoms with Gasteiger partial charge in [-0.3, -0.25) is 9.69 Å². The van der Waals surface area contributed by atoms with Crippen LogP contribution in [0.3, 0.4) is 0 Å². The molecule has 4 atom stereocenters. The molecule has 0 bridgehead atoms. The molecule has 1 aliphatic heterocycles. The van der Waals surface area contributed by atoms with E-state index in [0.29, 0.717) is 42.4 Å². The Hall–Kier alpha value is -3.92. The van der Waals surface area contributed by atoms with E-state index in [1.54, 1.807) is 35.2 Å². The highest BCUT2D eigenvalue weighted by Gasteiger charge is 2.30. The van der Waals surface area contributed by atoms with E-state index in [-0.39, 0.29) is 30.6 Å². The number of anilines is 2. The molecule has 1 aliphatic rings. The molecule has 4 rings (SSSR count). The third kappa shape index (κ3) is 10.3. The number of para-hydroxylation sites is 1. The minimum atomic E-state index is -0.446. The molecule has 9 nitrogen and oxygen atoms in total. The van der Waals surface area contributed by atoms with Crippen LogP contribution in [0.5, 0.6) is 5.75 Å². The van der Waals surface area contributed by atoms with Gasteiger partial charge in [0.05, 0.1) is 30.4 Å². The van der Waals surface area contributed by atoms with Crippen molar-refractivity contribution in [1.29, 1.82) is 0 Å². The molecule has 3 N–H and O–H groups in total. The number of likely N-dealkylation sites (N-methyl/N-ethyl adjacent to an activating group) is 1. The van der Waals surface area contributed by atoms with Crippen LogP contribution < -0.4 is 15.4 Å². The number of aliphatic hydroxyl groups excluding tert-OH is 1. The highest BCUT2D eigenvalue weighted by atomic mass is 16.5. The van der Waals surface area contributed by atoms with Gasteiger partial charge in [0.15, 0.2) is 0 Å². The minimum absolute atomic E-state index is 0.0228. The van der Waals surface area contributed by atoms with Gasteiger partial charge in [-0.15, -0.1) is 0 Å². The van der Waals surface area contributed by atoms with Crippen molar-refractivity contribution < 1.29 is 24.2 Å².